The summed E-state index contributed by atoms with van der Waals surface area (Å²) in [6.07, 6.45) is 0. The molecule has 26 heavy (non-hydrogen) atoms. The van der Waals surface area contributed by atoms with Crippen LogP contribution >= 0.6 is 0 Å². The Bertz CT molecular complexity index is 930. The summed E-state index contributed by atoms with van der Waals surface area (Å²) in [5, 5.41) is 2.73. The van der Waals surface area contributed by atoms with Crippen LogP contribution in [0.5, 0.6) is 0 Å². The largest absolute Gasteiger partial charge is 0.451 e. The molecule has 2 aromatic carbocycles. The zero-order valence-corrected chi connectivity index (χ0v) is 14.3. The first-order chi connectivity index (χ1) is 12.4. The quantitative estimate of drug-likeness (QED) is 0.760. The Hall–Kier alpha value is -3.41. The van der Waals surface area contributed by atoms with Gasteiger partial charge in [-0.1, -0.05) is 0 Å². The minimum atomic E-state index is -0.397. The lowest BCUT2D eigenvalue weighted by Crippen LogP contribution is -2.22. The predicted molar refractivity (Wildman–Crippen MR) is 97.6 cm³/mol. The Labute approximate surface area is 150 Å². The van der Waals surface area contributed by atoms with Crippen molar-refractivity contribution >= 4 is 23.2 Å². The van der Waals surface area contributed by atoms with Crippen LogP contribution in [-0.4, -0.2) is 18.9 Å². The molecular weight excluding hydrogens is 335 g/mol. The molecule has 1 N–H and O–H groups in total. The van der Waals surface area contributed by atoms with Gasteiger partial charge in [0, 0.05) is 30.9 Å². The summed E-state index contributed by atoms with van der Waals surface area (Å²) in [6, 6.07) is 15.9. The molecule has 0 aliphatic heterocycles. The van der Waals surface area contributed by atoms with E-state index in [-0.39, 0.29) is 17.5 Å². The van der Waals surface area contributed by atoms with Gasteiger partial charge in [-0.25, -0.2) is 4.39 Å². The molecule has 6 heteroatoms. The fourth-order valence-corrected chi connectivity index (χ4v) is 2.37. The second-order valence-corrected chi connectivity index (χ2v) is 5.75. The van der Waals surface area contributed by atoms with E-state index in [0.717, 1.165) is 5.69 Å². The van der Waals surface area contributed by atoms with E-state index in [0.29, 0.717) is 17.0 Å². The van der Waals surface area contributed by atoms with Crippen molar-refractivity contribution < 1.29 is 18.4 Å². The maximum Gasteiger partial charge on any atom is 0.291 e. The fourth-order valence-electron chi connectivity index (χ4n) is 2.37. The molecule has 0 aliphatic carbocycles. The molecule has 0 bridgehead atoms. The number of hydrogen-bond donors (Lipinski definition) is 1. The average molecular weight is 352 g/mol. The number of amides is 2. The SMILES string of the molecule is CC(=O)N(C)c1ccc(NC(=O)c2ccc(-c3ccc(F)cc3)o2)cc1. The van der Waals surface area contributed by atoms with Crippen LogP contribution in [0.2, 0.25) is 0 Å². The van der Waals surface area contributed by atoms with Crippen molar-refractivity contribution in [3.8, 4) is 11.3 Å². The Kier molecular flexibility index (Phi) is 4.84. The number of carbonyl (C=O) groups excluding carboxylic acids is 2. The highest BCUT2D eigenvalue weighted by atomic mass is 19.1. The zero-order chi connectivity index (χ0) is 18.7. The molecule has 0 unspecified atom stereocenters. The first kappa shape index (κ1) is 17.4. The van der Waals surface area contributed by atoms with Crippen LogP contribution in [0.1, 0.15) is 17.5 Å². The van der Waals surface area contributed by atoms with Gasteiger partial charge in [0.05, 0.1) is 0 Å². The highest BCUT2D eigenvalue weighted by Crippen LogP contribution is 2.23. The number of nitrogens with zero attached hydrogens (tertiary/aromatic N) is 1. The number of anilines is 2. The number of nitrogens with one attached hydrogen (secondary N) is 1. The van der Waals surface area contributed by atoms with Crippen LogP contribution in [0.15, 0.2) is 65.1 Å². The van der Waals surface area contributed by atoms with Crippen molar-refractivity contribution in [1.29, 1.82) is 0 Å². The molecule has 0 fully saturated rings. The van der Waals surface area contributed by atoms with Gasteiger partial charge in [0.15, 0.2) is 5.76 Å². The molecule has 3 aromatic rings. The maximum absolute atomic E-state index is 13.0. The monoisotopic (exact) mass is 352 g/mol. The van der Waals surface area contributed by atoms with Crippen molar-refractivity contribution in [3.05, 3.63) is 72.2 Å². The molecule has 5 nitrogen and oxygen atoms in total. The van der Waals surface area contributed by atoms with E-state index in [1.165, 1.54) is 24.0 Å². The van der Waals surface area contributed by atoms with Crippen LogP contribution in [0, 0.1) is 5.82 Å². The molecule has 0 aliphatic rings. The summed E-state index contributed by atoms with van der Waals surface area (Å²) in [7, 11) is 1.68. The van der Waals surface area contributed by atoms with Crippen LogP contribution < -0.4 is 10.2 Å². The minimum absolute atomic E-state index is 0.0781. The summed E-state index contributed by atoms with van der Waals surface area (Å²) in [6.45, 7) is 1.48. The van der Waals surface area contributed by atoms with Crippen molar-refractivity contribution in [2.24, 2.45) is 0 Å². The number of furan rings is 1. The third-order valence-corrected chi connectivity index (χ3v) is 3.94. The van der Waals surface area contributed by atoms with E-state index in [1.807, 2.05) is 0 Å². The Morgan fingerprint density at radius 3 is 2.23 bits per heavy atom. The highest BCUT2D eigenvalue weighted by molar-refractivity contribution is 6.02. The topological polar surface area (TPSA) is 62.6 Å². The molecule has 132 valence electrons. The van der Waals surface area contributed by atoms with Gasteiger partial charge >= 0.3 is 0 Å². The standard InChI is InChI=1S/C20H17FN2O3/c1-13(24)23(2)17-9-7-16(8-10-17)22-20(25)19-12-11-18(26-19)14-3-5-15(21)6-4-14/h3-12H,1-2H3,(H,22,25). The second-order valence-electron chi connectivity index (χ2n) is 5.75. The molecule has 1 aromatic heterocycles. The van der Waals surface area contributed by atoms with Crippen molar-refractivity contribution in [2.45, 2.75) is 6.92 Å². The summed E-state index contributed by atoms with van der Waals surface area (Å²) >= 11 is 0. The van der Waals surface area contributed by atoms with Gasteiger partial charge in [-0.15, -0.1) is 0 Å². The first-order valence-electron chi connectivity index (χ1n) is 7.95. The third-order valence-electron chi connectivity index (χ3n) is 3.94. The van der Waals surface area contributed by atoms with Gasteiger partial charge in [-0.05, 0) is 60.7 Å². The summed E-state index contributed by atoms with van der Waals surface area (Å²) < 4.78 is 18.5. The van der Waals surface area contributed by atoms with Gasteiger partial charge in [0.2, 0.25) is 5.91 Å². The van der Waals surface area contributed by atoms with Gasteiger partial charge < -0.3 is 14.6 Å². The molecule has 3 rings (SSSR count). The zero-order valence-electron chi connectivity index (χ0n) is 14.3. The first-order valence-corrected chi connectivity index (χ1v) is 7.95. The second kappa shape index (κ2) is 7.23. The van der Waals surface area contributed by atoms with E-state index in [2.05, 4.69) is 5.32 Å². The molecule has 0 atom stereocenters. The molecule has 2 amide bonds. The van der Waals surface area contributed by atoms with Gasteiger partial charge in [-0.3, -0.25) is 9.59 Å². The Balaban J connectivity index is 1.70. The van der Waals surface area contributed by atoms with Crippen molar-refractivity contribution in [1.82, 2.24) is 0 Å². The number of carbonyl (C=O) groups is 2. The fraction of sp³-hybridized carbons (Fsp3) is 0.100. The third kappa shape index (κ3) is 3.80. The molecule has 0 radical (unpaired) electrons. The lowest BCUT2D eigenvalue weighted by molar-refractivity contribution is -0.116. The van der Waals surface area contributed by atoms with E-state index >= 15 is 0 Å². The normalized spacial score (nSPS) is 10.4. The lowest BCUT2D eigenvalue weighted by Gasteiger charge is -2.15. The molecular formula is C20H17FN2O3. The lowest BCUT2D eigenvalue weighted by atomic mass is 10.2. The van der Waals surface area contributed by atoms with E-state index in [4.69, 9.17) is 4.42 Å². The predicted octanol–water partition coefficient (Wildman–Crippen LogP) is 4.32. The van der Waals surface area contributed by atoms with E-state index < -0.39 is 5.91 Å². The van der Waals surface area contributed by atoms with Crippen LogP contribution in [0.25, 0.3) is 11.3 Å². The molecule has 0 saturated carbocycles. The summed E-state index contributed by atoms with van der Waals surface area (Å²) in [5.74, 6) is -0.184. The molecule has 1 heterocycles. The number of halogens is 1. The van der Waals surface area contributed by atoms with Crippen LogP contribution in [-0.2, 0) is 4.79 Å². The van der Waals surface area contributed by atoms with Crippen LogP contribution in [0.4, 0.5) is 15.8 Å². The summed E-state index contributed by atoms with van der Waals surface area (Å²) in [4.78, 5) is 25.2. The highest BCUT2D eigenvalue weighted by Gasteiger charge is 2.13. The van der Waals surface area contributed by atoms with Gasteiger partial charge in [0.25, 0.3) is 5.91 Å². The number of rotatable bonds is 4. The van der Waals surface area contributed by atoms with E-state index in [1.54, 1.807) is 55.6 Å². The van der Waals surface area contributed by atoms with Gasteiger partial charge in [0.1, 0.15) is 11.6 Å². The Morgan fingerprint density at radius 2 is 1.62 bits per heavy atom. The minimum Gasteiger partial charge on any atom is -0.451 e. The molecule has 0 spiro atoms. The number of benzene rings is 2. The van der Waals surface area contributed by atoms with Crippen molar-refractivity contribution in [3.63, 3.8) is 0 Å². The number of hydrogen-bond acceptors (Lipinski definition) is 3. The maximum atomic E-state index is 13.0. The van der Waals surface area contributed by atoms with Crippen molar-refractivity contribution in [2.75, 3.05) is 17.3 Å². The Morgan fingerprint density at radius 1 is 0.962 bits per heavy atom. The molecule has 0 saturated heterocycles. The van der Waals surface area contributed by atoms with Gasteiger partial charge in [-0.2, -0.15) is 0 Å². The van der Waals surface area contributed by atoms with Crippen LogP contribution in [0.3, 0.4) is 0 Å². The summed E-state index contributed by atoms with van der Waals surface area (Å²) in [5.41, 5.74) is 1.99. The average Bonchev–Trinajstić information content (AvgIpc) is 3.12. The smallest absolute Gasteiger partial charge is 0.291 e. The van der Waals surface area contributed by atoms with E-state index in [9.17, 15) is 14.0 Å².